The van der Waals surface area contributed by atoms with Gasteiger partial charge in [0.1, 0.15) is 11.6 Å². The van der Waals surface area contributed by atoms with Crippen molar-refractivity contribution >= 4 is 21.7 Å². The molecule has 29 heavy (non-hydrogen) atoms. The summed E-state index contributed by atoms with van der Waals surface area (Å²) in [6, 6.07) is 7.65. The second-order valence-electron chi connectivity index (χ2n) is 6.02. The molecule has 152 valence electrons. The van der Waals surface area contributed by atoms with Crippen LogP contribution in [0.3, 0.4) is 0 Å². The van der Waals surface area contributed by atoms with Crippen molar-refractivity contribution in [2.75, 3.05) is 11.3 Å². The number of carboxylic acid groups (broad SMARTS) is 1. The number of carbonyl (C=O) groups is 1. The fraction of sp³-hybridized carbons (Fsp3) is 0.176. The van der Waals surface area contributed by atoms with Gasteiger partial charge in [0.2, 0.25) is 0 Å². The van der Waals surface area contributed by atoms with Gasteiger partial charge in [-0.2, -0.15) is 4.68 Å². The molecule has 0 saturated heterocycles. The number of aromatic nitrogens is 4. The minimum absolute atomic E-state index is 0.138. The molecule has 2 aromatic carbocycles. The number of nitrogens with zero attached hydrogens (tertiary/aromatic N) is 4. The molecule has 0 aliphatic carbocycles. The Morgan fingerprint density at radius 1 is 1.24 bits per heavy atom. The van der Waals surface area contributed by atoms with E-state index >= 15 is 0 Å². The number of tetrazole rings is 1. The first-order valence-electron chi connectivity index (χ1n) is 8.20. The lowest BCUT2D eigenvalue weighted by Gasteiger charge is -2.13. The van der Waals surface area contributed by atoms with Crippen LogP contribution in [0.5, 0.6) is 5.75 Å². The van der Waals surface area contributed by atoms with E-state index in [1.807, 2.05) is 0 Å². The van der Waals surface area contributed by atoms with Gasteiger partial charge in [0, 0.05) is 0 Å². The second-order valence-corrected chi connectivity index (χ2v) is 7.70. The highest BCUT2D eigenvalue weighted by Crippen LogP contribution is 2.26. The smallest absolute Gasteiger partial charge is 0.341 e. The summed E-state index contributed by atoms with van der Waals surface area (Å²) in [4.78, 5) is 10.5. The molecule has 1 heterocycles. The van der Waals surface area contributed by atoms with Crippen LogP contribution in [0.15, 0.2) is 41.3 Å². The molecule has 0 saturated carbocycles. The third kappa shape index (κ3) is 4.48. The molecule has 0 amide bonds. The molecule has 1 aromatic heterocycles. The van der Waals surface area contributed by atoms with Crippen molar-refractivity contribution in [2.24, 2.45) is 0 Å². The number of benzene rings is 2. The van der Waals surface area contributed by atoms with Crippen LogP contribution in [0, 0.1) is 19.7 Å². The molecular weight excluding hydrogens is 405 g/mol. The average Bonchev–Trinajstić information content (AvgIpc) is 3.08. The number of nitrogens with one attached hydrogen (secondary N) is 1. The lowest BCUT2D eigenvalue weighted by atomic mass is 10.2. The number of aliphatic carboxylic acids is 1. The van der Waals surface area contributed by atoms with Crippen LogP contribution in [0.1, 0.15) is 11.4 Å². The van der Waals surface area contributed by atoms with E-state index < -0.39 is 28.4 Å². The number of anilines is 1. The van der Waals surface area contributed by atoms with Crippen LogP contribution in [0.4, 0.5) is 10.1 Å². The van der Waals surface area contributed by atoms with Gasteiger partial charge in [0.05, 0.1) is 16.3 Å². The summed E-state index contributed by atoms with van der Waals surface area (Å²) in [6.45, 7) is 2.65. The van der Waals surface area contributed by atoms with Crippen molar-refractivity contribution in [2.45, 2.75) is 18.7 Å². The summed E-state index contributed by atoms with van der Waals surface area (Å²) in [6.07, 6.45) is 0. The minimum Gasteiger partial charge on any atom is -0.482 e. The van der Waals surface area contributed by atoms with E-state index in [-0.39, 0.29) is 16.3 Å². The maximum atomic E-state index is 14.2. The number of rotatable bonds is 7. The van der Waals surface area contributed by atoms with E-state index in [0.29, 0.717) is 17.1 Å². The molecule has 0 radical (unpaired) electrons. The van der Waals surface area contributed by atoms with Crippen LogP contribution in [0.25, 0.3) is 5.69 Å². The summed E-state index contributed by atoms with van der Waals surface area (Å²) in [7, 11) is -4.12. The van der Waals surface area contributed by atoms with Gasteiger partial charge in [-0.3, -0.25) is 4.72 Å². The highest BCUT2D eigenvalue weighted by atomic mass is 32.2. The quantitative estimate of drug-likeness (QED) is 0.588. The largest absolute Gasteiger partial charge is 0.482 e. The Morgan fingerprint density at radius 3 is 2.62 bits per heavy atom. The van der Waals surface area contributed by atoms with E-state index in [2.05, 4.69) is 20.2 Å². The van der Waals surface area contributed by atoms with Gasteiger partial charge < -0.3 is 9.84 Å². The first-order chi connectivity index (χ1) is 13.7. The predicted molar refractivity (Wildman–Crippen MR) is 99.0 cm³/mol. The van der Waals surface area contributed by atoms with Crippen molar-refractivity contribution in [1.29, 1.82) is 0 Å². The van der Waals surface area contributed by atoms with Crippen molar-refractivity contribution in [3.05, 3.63) is 53.6 Å². The molecule has 0 spiro atoms. The standard InChI is InChI=1S/C17H16FN5O5S/c1-10-7-13(4-6-16(10)28-9-17(24)25)29(26,27)20-15-8-12(3-5-14(15)18)23-11(2)19-21-22-23/h3-8,20H,9H2,1-2H3,(H,24,25). The molecular formula is C17H16FN5O5S. The van der Waals surface area contributed by atoms with Crippen molar-refractivity contribution in [3.63, 3.8) is 0 Å². The molecule has 12 heteroatoms. The fourth-order valence-electron chi connectivity index (χ4n) is 2.49. The molecule has 2 N–H and O–H groups in total. The summed E-state index contributed by atoms with van der Waals surface area (Å²) in [5.41, 5.74) is 0.508. The fourth-order valence-corrected chi connectivity index (χ4v) is 3.63. The summed E-state index contributed by atoms with van der Waals surface area (Å²) in [5.74, 6) is -1.26. The lowest BCUT2D eigenvalue weighted by Crippen LogP contribution is -2.15. The third-order valence-corrected chi connectivity index (χ3v) is 5.24. The second kappa shape index (κ2) is 7.83. The zero-order chi connectivity index (χ0) is 21.2. The van der Waals surface area contributed by atoms with Gasteiger partial charge in [-0.25, -0.2) is 17.6 Å². The SMILES string of the molecule is Cc1cc(S(=O)(=O)Nc2cc(-n3nnnc3C)ccc2F)ccc1OCC(=O)O. The van der Waals surface area contributed by atoms with Crippen molar-refractivity contribution in [1.82, 2.24) is 20.2 Å². The number of carboxylic acids is 1. The summed E-state index contributed by atoms with van der Waals surface area (Å²) in [5, 5.41) is 19.7. The summed E-state index contributed by atoms with van der Waals surface area (Å²) >= 11 is 0. The number of halogens is 1. The highest BCUT2D eigenvalue weighted by molar-refractivity contribution is 7.92. The van der Waals surface area contributed by atoms with Gasteiger partial charge in [-0.05, 0) is 66.2 Å². The molecule has 0 unspecified atom stereocenters. The Kier molecular flexibility index (Phi) is 5.46. The minimum atomic E-state index is -4.12. The molecule has 10 nitrogen and oxygen atoms in total. The van der Waals surface area contributed by atoms with E-state index in [4.69, 9.17) is 9.84 Å². The number of hydrogen-bond donors (Lipinski definition) is 2. The Labute approximate surface area is 165 Å². The maximum Gasteiger partial charge on any atom is 0.341 e. The zero-order valence-electron chi connectivity index (χ0n) is 15.3. The van der Waals surface area contributed by atoms with Crippen LogP contribution in [-0.4, -0.2) is 46.3 Å². The van der Waals surface area contributed by atoms with Gasteiger partial charge in [0.15, 0.2) is 12.4 Å². The molecule has 0 aliphatic rings. The predicted octanol–water partition coefficient (Wildman–Crippen LogP) is 1.68. The Morgan fingerprint density at radius 2 is 2.00 bits per heavy atom. The van der Waals surface area contributed by atoms with E-state index in [1.165, 1.54) is 35.0 Å². The molecule has 0 atom stereocenters. The van der Waals surface area contributed by atoms with E-state index in [9.17, 15) is 17.6 Å². The van der Waals surface area contributed by atoms with Gasteiger partial charge >= 0.3 is 5.97 Å². The number of hydrogen-bond acceptors (Lipinski definition) is 7. The molecule has 0 bridgehead atoms. The zero-order valence-corrected chi connectivity index (χ0v) is 16.1. The molecule has 3 rings (SSSR count). The first-order valence-corrected chi connectivity index (χ1v) is 9.68. The highest BCUT2D eigenvalue weighted by Gasteiger charge is 2.19. The van der Waals surface area contributed by atoms with Gasteiger partial charge in [-0.1, -0.05) is 0 Å². The van der Waals surface area contributed by atoms with Gasteiger partial charge in [-0.15, -0.1) is 5.10 Å². The van der Waals surface area contributed by atoms with E-state index in [0.717, 1.165) is 6.07 Å². The lowest BCUT2D eigenvalue weighted by molar-refractivity contribution is -0.139. The third-order valence-electron chi connectivity index (χ3n) is 3.87. The van der Waals surface area contributed by atoms with Crippen LogP contribution < -0.4 is 9.46 Å². The summed E-state index contributed by atoms with van der Waals surface area (Å²) < 4.78 is 48.2. The van der Waals surface area contributed by atoms with Crippen molar-refractivity contribution < 1.29 is 27.4 Å². The Hall–Kier alpha value is -3.54. The van der Waals surface area contributed by atoms with Crippen molar-refractivity contribution in [3.8, 4) is 11.4 Å². The Balaban J connectivity index is 1.89. The molecule has 3 aromatic rings. The first kappa shape index (κ1) is 20.2. The van der Waals surface area contributed by atoms with E-state index in [1.54, 1.807) is 13.8 Å². The van der Waals surface area contributed by atoms with Gasteiger partial charge in [0.25, 0.3) is 10.0 Å². The molecule has 0 fully saturated rings. The Bertz CT molecular complexity index is 1180. The van der Waals surface area contributed by atoms with Crippen LogP contribution >= 0.6 is 0 Å². The number of aryl methyl sites for hydroxylation is 2. The molecule has 0 aliphatic heterocycles. The topological polar surface area (TPSA) is 136 Å². The monoisotopic (exact) mass is 421 g/mol. The maximum absolute atomic E-state index is 14.2. The number of sulfonamides is 1. The van der Waals surface area contributed by atoms with Crippen LogP contribution in [-0.2, 0) is 14.8 Å². The normalized spacial score (nSPS) is 11.3. The van der Waals surface area contributed by atoms with Crippen LogP contribution in [0.2, 0.25) is 0 Å². The number of ether oxygens (including phenoxy) is 1. The average molecular weight is 421 g/mol.